The second kappa shape index (κ2) is 6.85. The standard InChI is InChI=1S/C17H14N4O3/c18-21-20-16(22)9-19-17(23)24-10-15-13-7-3-1-5-11(13)12-6-2-4-8-14(12)15/h1-8,15H,9-10H2,(H,19,23). The zero-order chi connectivity index (χ0) is 16.9. The van der Waals surface area contributed by atoms with Crippen LogP contribution < -0.4 is 5.32 Å². The third-order valence-corrected chi connectivity index (χ3v) is 3.88. The number of carbonyl (C=O) groups excluding carboxylic acids is 2. The molecule has 0 aromatic heterocycles. The third kappa shape index (κ3) is 3.06. The van der Waals surface area contributed by atoms with Crippen molar-refractivity contribution in [3.8, 4) is 11.1 Å². The van der Waals surface area contributed by atoms with E-state index in [-0.39, 0.29) is 19.1 Å². The maximum atomic E-state index is 11.7. The molecule has 2 aromatic carbocycles. The summed E-state index contributed by atoms with van der Waals surface area (Å²) in [6, 6.07) is 16.0. The van der Waals surface area contributed by atoms with Crippen molar-refractivity contribution in [3.63, 3.8) is 0 Å². The van der Waals surface area contributed by atoms with E-state index < -0.39 is 12.0 Å². The van der Waals surface area contributed by atoms with E-state index in [4.69, 9.17) is 10.3 Å². The molecule has 7 heteroatoms. The highest BCUT2D eigenvalue weighted by molar-refractivity contribution is 5.83. The Labute approximate surface area is 137 Å². The molecule has 0 heterocycles. The van der Waals surface area contributed by atoms with Crippen LogP contribution in [0.25, 0.3) is 21.6 Å². The van der Waals surface area contributed by atoms with Crippen LogP contribution >= 0.6 is 0 Å². The van der Waals surface area contributed by atoms with Crippen LogP contribution in [0.15, 0.2) is 53.6 Å². The topological polar surface area (TPSA) is 104 Å². The Morgan fingerprint density at radius 3 is 2.25 bits per heavy atom. The molecule has 0 saturated carbocycles. The van der Waals surface area contributed by atoms with Crippen LogP contribution in [-0.4, -0.2) is 25.2 Å². The fourth-order valence-corrected chi connectivity index (χ4v) is 2.88. The molecule has 0 spiro atoms. The predicted octanol–water partition coefficient (Wildman–Crippen LogP) is 3.36. The summed E-state index contributed by atoms with van der Waals surface area (Å²) < 4.78 is 5.23. The number of carbonyl (C=O) groups is 2. The van der Waals surface area contributed by atoms with Gasteiger partial charge in [-0.05, 0) is 32.9 Å². The normalized spacial score (nSPS) is 11.8. The maximum Gasteiger partial charge on any atom is 0.407 e. The molecule has 7 nitrogen and oxygen atoms in total. The minimum atomic E-state index is -0.772. The number of nitrogens with one attached hydrogen (secondary N) is 1. The van der Waals surface area contributed by atoms with Crippen molar-refractivity contribution in [2.24, 2.45) is 5.11 Å². The first-order chi connectivity index (χ1) is 11.7. The second-order valence-electron chi connectivity index (χ2n) is 5.26. The van der Waals surface area contributed by atoms with E-state index in [2.05, 4.69) is 15.3 Å². The highest BCUT2D eigenvalue weighted by Gasteiger charge is 2.28. The lowest BCUT2D eigenvalue weighted by Gasteiger charge is -2.14. The summed E-state index contributed by atoms with van der Waals surface area (Å²) >= 11 is 0. The molecule has 0 saturated heterocycles. The van der Waals surface area contributed by atoms with E-state index in [9.17, 15) is 9.59 Å². The van der Waals surface area contributed by atoms with Crippen LogP contribution in [0.2, 0.25) is 0 Å². The van der Waals surface area contributed by atoms with E-state index in [0.29, 0.717) is 0 Å². The average Bonchev–Trinajstić information content (AvgIpc) is 2.92. The van der Waals surface area contributed by atoms with Gasteiger partial charge in [-0.15, -0.1) is 0 Å². The van der Waals surface area contributed by atoms with Gasteiger partial charge in [-0.3, -0.25) is 4.79 Å². The smallest absolute Gasteiger partial charge is 0.407 e. The molecular weight excluding hydrogens is 308 g/mol. The van der Waals surface area contributed by atoms with Gasteiger partial charge >= 0.3 is 6.09 Å². The minimum absolute atomic E-state index is 0.0454. The van der Waals surface area contributed by atoms with Gasteiger partial charge in [0.1, 0.15) is 6.61 Å². The van der Waals surface area contributed by atoms with Gasteiger partial charge < -0.3 is 10.1 Å². The third-order valence-electron chi connectivity index (χ3n) is 3.88. The average molecular weight is 322 g/mol. The Hall–Kier alpha value is -3.31. The van der Waals surface area contributed by atoms with Gasteiger partial charge in [0.25, 0.3) is 0 Å². The number of amides is 2. The van der Waals surface area contributed by atoms with E-state index in [1.165, 1.54) is 0 Å². The largest absolute Gasteiger partial charge is 0.449 e. The Balaban J connectivity index is 1.68. The fourth-order valence-electron chi connectivity index (χ4n) is 2.88. The Bertz CT molecular complexity index is 798. The van der Waals surface area contributed by atoms with Crippen molar-refractivity contribution in [3.05, 3.63) is 70.1 Å². The lowest BCUT2D eigenvalue weighted by atomic mass is 9.98. The van der Waals surface area contributed by atoms with Gasteiger partial charge in [-0.2, -0.15) is 0 Å². The molecule has 3 rings (SSSR count). The molecule has 0 atom stereocenters. The van der Waals surface area contributed by atoms with Crippen molar-refractivity contribution in [1.29, 1.82) is 0 Å². The van der Waals surface area contributed by atoms with Crippen LogP contribution in [0.5, 0.6) is 0 Å². The van der Waals surface area contributed by atoms with Crippen LogP contribution in [0.3, 0.4) is 0 Å². The van der Waals surface area contributed by atoms with Crippen molar-refractivity contribution in [2.45, 2.75) is 5.92 Å². The Morgan fingerprint density at radius 1 is 1.08 bits per heavy atom. The van der Waals surface area contributed by atoms with Crippen molar-refractivity contribution >= 4 is 12.0 Å². The number of nitrogens with zero attached hydrogens (tertiary/aromatic N) is 3. The van der Waals surface area contributed by atoms with E-state index >= 15 is 0 Å². The molecule has 0 bridgehead atoms. The van der Waals surface area contributed by atoms with Crippen molar-refractivity contribution in [1.82, 2.24) is 5.32 Å². The van der Waals surface area contributed by atoms with Crippen LogP contribution in [0.4, 0.5) is 4.79 Å². The summed E-state index contributed by atoms with van der Waals surface area (Å²) in [5.74, 6) is -0.818. The summed E-state index contributed by atoms with van der Waals surface area (Å²) in [6.07, 6.45) is -0.724. The minimum Gasteiger partial charge on any atom is -0.449 e. The lowest BCUT2D eigenvalue weighted by molar-refractivity contribution is -0.117. The van der Waals surface area contributed by atoms with Gasteiger partial charge in [0.2, 0.25) is 5.91 Å². The second-order valence-corrected chi connectivity index (χ2v) is 5.26. The highest BCUT2D eigenvalue weighted by atomic mass is 16.5. The first-order valence-corrected chi connectivity index (χ1v) is 7.37. The number of fused-ring (bicyclic) bond motifs is 3. The molecule has 2 aromatic rings. The first kappa shape index (κ1) is 15.6. The van der Waals surface area contributed by atoms with E-state index in [1.807, 2.05) is 48.5 Å². The van der Waals surface area contributed by atoms with Crippen molar-refractivity contribution < 1.29 is 14.3 Å². The van der Waals surface area contributed by atoms with Crippen molar-refractivity contribution in [2.75, 3.05) is 13.2 Å². The van der Waals surface area contributed by atoms with Gasteiger partial charge in [0.05, 0.1) is 6.54 Å². The number of alkyl carbamates (subject to hydrolysis) is 1. The lowest BCUT2D eigenvalue weighted by Crippen LogP contribution is -2.30. The molecule has 0 radical (unpaired) electrons. The highest BCUT2D eigenvalue weighted by Crippen LogP contribution is 2.44. The van der Waals surface area contributed by atoms with Gasteiger partial charge in [0.15, 0.2) is 0 Å². The van der Waals surface area contributed by atoms with Crippen LogP contribution in [0.1, 0.15) is 17.0 Å². The van der Waals surface area contributed by atoms with Crippen LogP contribution in [0, 0.1) is 0 Å². The Morgan fingerprint density at radius 2 is 1.67 bits per heavy atom. The molecule has 0 aliphatic heterocycles. The number of azide groups is 1. The summed E-state index contributed by atoms with van der Waals surface area (Å²) in [4.78, 5) is 25.1. The predicted molar refractivity (Wildman–Crippen MR) is 87.2 cm³/mol. The molecule has 1 aliphatic rings. The maximum absolute atomic E-state index is 11.7. The summed E-state index contributed by atoms with van der Waals surface area (Å²) in [7, 11) is 0. The number of hydrogen-bond acceptors (Lipinski definition) is 3. The van der Waals surface area contributed by atoms with Gasteiger partial charge in [0, 0.05) is 10.8 Å². The molecule has 0 fully saturated rings. The fraction of sp³-hybridized carbons (Fsp3) is 0.176. The number of benzene rings is 2. The molecule has 2 amide bonds. The molecule has 1 N–H and O–H groups in total. The summed E-state index contributed by atoms with van der Waals surface area (Å²) in [5.41, 5.74) is 12.6. The summed E-state index contributed by atoms with van der Waals surface area (Å²) in [6.45, 7) is -0.226. The van der Waals surface area contributed by atoms with Gasteiger partial charge in [-0.25, -0.2) is 4.79 Å². The monoisotopic (exact) mass is 322 g/mol. The van der Waals surface area contributed by atoms with Gasteiger partial charge in [-0.1, -0.05) is 48.5 Å². The molecule has 24 heavy (non-hydrogen) atoms. The quantitative estimate of drug-likeness (QED) is 0.530. The van der Waals surface area contributed by atoms with Crippen LogP contribution in [-0.2, 0) is 9.53 Å². The number of rotatable bonds is 4. The molecule has 120 valence electrons. The number of hydrogen-bond donors (Lipinski definition) is 1. The van der Waals surface area contributed by atoms with E-state index in [1.54, 1.807) is 0 Å². The SMILES string of the molecule is [N-]=[N+]=NC(=O)CNC(=O)OCC1c2ccccc2-c2ccccc21. The number of ether oxygens (including phenoxy) is 1. The summed E-state index contributed by atoms with van der Waals surface area (Å²) in [5, 5.41) is 5.13. The first-order valence-electron chi connectivity index (χ1n) is 7.37. The molecule has 1 aliphatic carbocycles. The molecule has 0 unspecified atom stereocenters. The molecular formula is C17H14N4O3. The zero-order valence-corrected chi connectivity index (χ0v) is 12.7. The zero-order valence-electron chi connectivity index (χ0n) is 12.7. The Kier molecular flexibility index (Phi) is 4.45. The van der Waals surface area contributed by atoms with E-state index in [0.717, 1.165) is 22.3 Å².